The molecule has 2 rings (SSSR count). The molecule has 1 aromatic rings. The SMILES string of the molecule is COC1(Cc2cccc[n+]2C)CN(C(=O)OC(C)(C)C)C1.[I-]. The lowest BCUT2D eigenvalue weighted by Crippen LogP contribution is -3.00. The number of carbonyl (C=O) groups is 1. The predicted octanol–water partition coefficient (Wildman–Crippen LogP) is -1.31. The Hall–Kier alpha value is -0.890. The van der Waals surface area contributed by atoms with Crippen molar-refractivity contribution in [2.75, 3.05) is 20.2 Å². The Morgan fingerprint density at radius 2 is 2.00 bits per heavy atom. The largest absolute Gasteiger partial charge is 1.00 e. The number of methoxy groups -OCH3 is 1. The highest BCUT2D eigenvalue weighted by Gasteiger charge is 2.48. The fraction of sp³-hybridized carbons (Fsp3) is 0.625. The van der Waals surface area contributed by atoms with Crippen molar-refractivity contribution in [3.8, 4) is 0 Å². The van der Waals surface area contributed by atoms with E-state index >= 15 is 0 Å². The Kier molecular flexibility index (Phi) is 6.20. The zero-order valence-electron chi connectivity index (χ0n) is 13.9. The van der Waals surface area contributed by atoms with E-state index < -0.39 is 5.60 Å². The second-order valence-electron chi connectivity index (χ2n) is 6.70. The molecule has 0 aromatic carbocycles. The third kappa shape index (κ3) is 4.55. The molecule has 0 N–H and O–H groups in total. The summed E-state index contributed by atoms with van der Waals surface area (Å²) in [5.74, 6) is 0. The smallest absolute Gasteiger partial charge is 0.410 e. The Balaban J connectivity index is 0.00000242. The maximum atomic E-state index is 12.0. The van der Waals surface area contributed by atoms with Crippen LogP contribution in [0, 0.1) is 0 Å². The molecule has 22 heavy (non-hydrogen) atoms. The van der Waals surface area contributed by atoms with Gasteiger partial charge in [0.1, 0.15) is 18.2 Å². The van der Waals surface area contributed by atoms with Gasteiger partial charge >= 0.3 is 6.09 Å². The van der Waals surface area contributed by atoms with Gasteiger partial charge in [0.25, 0.3) is 0 Å². The molecular formula is C16H25IN2O3. The van der Waals surface area contributed by atoms with Crippen molar-refractivity contribution < 1.29 is 42.8 Å². The first-order valence-electron chi connectivity index (χ1n) is 7.21. The van der Waals surface area contributed by atoms with Gasteiger partial charge < -0.3 is 38.4 Å². The average Bonchev–Trinajstić information content (AvgIpc) is 2.33. The van der Waals surface area contributed by atoms with Gasteiger partial charge in [-0.05, 0) is 20.8 Å². The van der Waals surface area contributed by atoms with E-state index in [0.29, 0.717) is 13.1 Å². The van der Waals surface area contributed by atoms with Crippen LogP contribution in [0.3, 0.4) is 0 Å². The number of likely N-dealkylation sites (tertiary alicyclic amines) is 1. The lowest BCUT2D eigenvalue weighted by atomic mass is 9.88. The van der Waals surface area contributed by atoms with E-state index in [2.05, 4.69) is 10.6 Å². The van der Waals surface area contributed by atoms with Crippen LogP contribution in [0.15, 0.2) is 24.4 Å². The Bertz CT molecular complexity index is 522. The molecule has 0 bridgehead atoms. The fourth-order valence-electron chi connectivity index (χ4n) is 2.49. The van der Waals surface area contributed by atoms with Crippen LogP contribution in [-0.4, -0.2) is 42.4 Å². The number of amides is 1. The highest BCUT2D eigenvalue weighted by Crippen LogP contribution is 2.29. The molecule has 0 unspecified atom stereocenters. The molecule has 1 aromatic heterocycles. The molecule has 124 valence electrons. The van der Waals surface area contributed by atoms with Gasteiger partial charge in [0, 0.05) is 19.2 Å². The summed E-state index contributed by atoms with van der Waals surface area (Å²) in [5.41, 5.74) is 0.410. The Morgan fingerprint density at radius 1 is 1.36 bits per heavy atom. The molecule has 1 saturated heterocycles. The van der Waals surface area contributed by atoms with Gasteiger partial charge in [-0.25, -0.2) is 9.36 Å². The molecule has 0 saturated carbocycles. The molecule has 0 atom stereocenters. The van der Waals surface area contributed by atoms with Crippen molar-refractivity contribution in [1.82, 2.24) is 4.90 Å². The van der Waals surface area contributed by atoms with Crippen molar-refractivity contribution in [1.29, 1.82) is 0 Å². The van der Waals surface area contributed by atoms with E-state index in [-0.39, 0.29) is 35.7 Å². The summed E-state index contributed by atoms with van der Waals surface area (Å²) in [6, 6.07) is 6.09. The van der Waals surface area contributed by atoms with Gasteiger partial charge in [-0.1, -0.05) is 6.07 Å². The highest BCUT2D eigenvalue weighted by atomic mass is 127. The van der Waals surface area contributed by atoms with E-state index in [1.54, 1.807) is 12.0 Å². The van der Waals surface area contributed by atoms with Crippen molar-refractivity contribution in [2.24, 2.45) is 7.05 Å². The summed E-state index contributed by atoms with van der Waals surface area (Å²) in [5, 5.41) is 0. The maximum Gasteiger partial charge on any atom is 0.410 e. The number of hydrogen-bond acceptors (Lipinski definition) is 3. The number of rotatable bonds is 3. The molecule has 1 fully saturated rings. The number of ether oxygens (including phenoxy) is 2. The first-order chi connectivity index (χ1) is 9.75. The van der Waals surface area contributed by atoms with Crippen LogP contribution in [0.5, 0.6) is 0 Å². The Morgan fingerprint density at radius 3 is 2.50 bits per heavy atom. The summed E-state index contributed by atoms with van der Waals surface area (Å²) >= 11 is 0. The number of hydrogen-bond donors (Lipinski definition) is 0. The van der Waals surface area contributed by atoms with E-state index in [1.165, 1.54) is 5.69 Å². The molecule has 6 heteroatoms. The van der Waals surface area contributed by atoms with Gasteiger partial charge in [0.15, 0.2) is 11.9 Å². The van der Waals surface area contributed by atoms with Gasteiger partial charge in [0.05, 0.1) is 19.5 Å². The van der Waals surface area contributed by atoms with Crippen LogP contribution in [0.4, 0.5) is 4.79 Å². The Labute approximate surface area is 149 Å². The third-order valence-corrected chi connectivity index (χ3v) is 3.71. The normalized spacial score (nSPS) is 16.5. The van der Waals surface area contributed by atoms with Gasteiger partial charge in [-0.15, -0.1) is 0 Å². The van der Waals surface area contributed by atoms with E-state index in [1.807, 2.05) is 46.1 Å². The summed E-state index contributed by atoms with van der Waals surface area (Å²) in [6.07, 6.45) is 2.52. The highest BCUT2D eigenvalue weighted by molar-refractivity contribution is 5.69. The summed E-state index contributed by atoms with van der Waals surface area (Å²) < 4.78 is 13.1. The van der Waals surface area contributed by atoms with Crippen molar-refractivity contribution >= 4 is 6.09 Å². The van der Waals surface area contributed by atoms with Gasteiger partial charge in [-0.2, -0.15) is 0 Å². The minimum absolute atomic E-state index is 0. The minimum Gasteiger partial charge on any atom is -1.00 e. The molecule has 2 heterocycles. The number of halogens is 1. The first kappa shape index (κ1) is 19.2. The molecule has 0 radical (unpaired) electrons. The maximum absolute atomic E-state index is 12.0. The lowest BCUT2D eigenvalue weighted by molar-refractivity contribution is -0.680. The zero-order valence-corrected chi connectivity index (χ0v) is 16.1. The quantitative estimate of drug-likeness (QED) is 0.451. The second-order valence-corrected chi connectivity index (χ2v) is 6.70. The monoisotopic (exact) mass is 420 g/mol. The third-order valence-electron chi connectivity index (χ3n) is 3.71. The van der Waals surface area contributed by atoms with Crippen LogP contribution >= 0.6 is 0 Å². The molecule has 1 aliphatic rings. The van der Waals surface area contributed by atoms with Gasteiger partial charge in [-0.3, -0.25) is 0 Å². The van der Waals surface area contributed by atoms with Crippen LogP contribution < -0.4 is 28.5 Å². The topological polar surface area (TPSA) is 42.7 Å². The number of aryl methyl sites for hydroxylation is 1. The lowest BCUT2D eigenvalue weighted by Gasteiger charge is -2.48. The predicted molar refractivity (Wildman–Crippen MR) is 78.9 cm³/mol. The van der Waals surface area contributed by atoms with Crippen LogP contribution in [0.2, 0.25) is 0 Å². The fourth-order valence-corrected chi connectivity index (χ4v) is 2.49. The standard InChI is InChI=1S/C16H25N2O3.HI/c1-15(2,3)21-14(19)18-11-16(12-18,20-5)10-13-8-6-7-9-17(13)4;/h6-9H,10-12H2,1-5H3;1H/q+1;/p-1. The van der Waals surface area contributed by atoms with Crippen molar-refractivity contribution in [3.05, 3.63) is 30.1 Å². The van der Waals surface area contributed by atoms with E-state index in [4.69, 9.17) is 9.47 Å². The van der Waals surface area contributed by atoms with Crippen molar-refractivity contribution in [3.63, 3.8) is 0 Å². The van der Waals surface area contributed by atoms with Crippen LogP contribution in [0.1, 0.15) is 26.5 Å². The minimum atomic E-state index is -0.464. The number of pyridine rings is 1. The number of aromatic nitrogens is 1. The number of nitrogens with zero attached hydrogens (tertiary/aromatic N) is 2. The average molecular weight is 420 g/mol. The molecule has 5 nitrogen and oxygen atoms in total. The molecule has 1 aliphatic heterocycles. The molecular weight excluding hydrogens is 395 g/mol. The summed E-state index contributed by atoms with van der Waals surface area (Å²) in [7, 11) is 3.72. The zero-order chi connectivity index (χ0) is 15.7. The van der Waals surface area contributed by atoms with Gasteiger partial charge in [0.2, 0.25) is 0 Å². The first-order valence-corrected chi connectivity index (χ1v) is 7.21. The summed E-state index contributed by atoms with van der Waals surface area (Å²) in [6.45, 7) is 6.75. The molecule has 1 amide bonds. The molecule has 0 spiro atoms. The second kappa shape index (κ2) is 7.12. The van der Waals surface area contributed by atoms with Crippen LogP contribution in [-0.2, 0) is 22.9 Å². The summed E-state index contributed by atoms with van der Waals surface area (Å²) in [4.78, 5) is 13.7. The van der Waals surface area contributed by atoms with E-state index in [9.17, 15) is 4.79 Å². The van der Waals surface area contributed by atoms with Crippen LogP contribution in [0.25, 0.3) is 0 Å². The van der Waals surface area contributed by atoms with E-state index in [0.717, 1.165) is 6.42 Å². The molecule has 0 aliphatic carbocycles. The van der Waals surface area contributed by atoms with Crippen molar-refractivity contribution in [2.45, 2.75) is 38.4 Å². The number of carbonyl (C=O) groups excluding carboxylic acids is 1.